The predicted molar refractivity (Wildman–Crippen MR) is 68.4 cm³/mol. The van der Waals surface area contributed by atoms with Crippen LogP contribution in [0, 0.1) is 6.92 Å². The number of aryl methyl sites for hydroxylation is 1. The summed E-state index contributed by atoms with van der Waals surface area (Å²) in [5.41, 5.74) is 0. The standard InChI is InChI=1S/C12H13N5O4/c1-6-4-8(16-20-6)14-10(18)5-9-15-12(21-17-9)11(19)13-7-2-3-7/h4,7H,2-3,5H2,1H3,(H,13,19)(H,14,16,18). The summed E-state index contributed by atoms with van der Waals surface area (Å²) < 4.78 is 9.65. The van der Waals surface area contributed by atoms with E-state index in [9.17, 15) is 9.59 Å². The van der Waals surface area contributed by atoms with E-state index in [2.05, 4.69) is 25.9 Å². The first-order valence-electron chi connectivity index (χ1n) is 6.47. The minimum absolute atomic E-state index is 0.119. The molecule has 9 heteroatoms. The number of rotatable bonds is 5. The monoisotopic (exact) mass is 291 g/mol. The largest absolute Gasteiger partial charge is 0.360 e. The molecule has 0 spiro atoms. The SMILES string of the molecule is Cc1cc(NC(=O)Cc2noc(C(=O)NC3CC3)n2)no1. The van der Waals surface area contributed by atoms with Gasteiger partial charge in [-0.2, -0.15) is 4.98 Å². The van der Waals surface area contributed by atoms with E-state index in [1.807, 2.05) is 0 Å². The van der Waals surface area contributed by atoms with Gasteiger partial charge >= 0.3 is 11.8 Å². The summed E-state index contributed by atoms with van der Waals surface area (Å²) in [6.45, 7) is 1.71. The van der Waals surface area contributed by atoms with E-state index >= 15 is 0 Å². The average Bonchev–Trinajstić information content (AvgIpc) is 2.95. The highest BCUT2D eigenvalue weighted by Crippen LogP contribution is 2.19. The van der Waals surface area contributed by atoms with Gasteiger partial charge in [0.2, 0.25) is 5.91 Å². The Morgan fingerprint density at radius 3 is 2.81 bits per heavy atom. The molecule has 0 aliphatic heterocycles. The molecule has 9 nitrogen and oxygen atoms in total. The molecule has 2 aromatic rings. The fraction of sp³-hybridized carbons (Fsp3) is 0.417. The molecule has 1 aliphatic carbocycles. The van der Waals surface area contributed by atoms with Crippen molar-refractivity contribution in [3.63, 3.8) is 0 Å². The van der Waals surface area contributed by atoms with Crippen molar-refractivity contribution in [2.75, 3.05) is 5.32 Å². The second-order valence-corrected chi connectivity index (χ2v) is 4.81. The van der Waals surface area contributed by atoms with Gasteiger partial charge < -0.3 is 19.7 Å². The maximum absolute atomic E-state index is 11.7. The van der Waals surface area contributed by atoms with Gasteiger partial charge in [0.05, 0.1) is 6.42 Å². The lowest BCUT2D eigenvalue weighted by atomic mass is 10.3. The van der Waals surface area contributed by atoms with Crippen LogP contribution >= 0.6 is 0 Å². The van der Waals surface area contributed by atoms with Crippen molar-refractivity contribution < 1.29 is 18.6 Å². The number of anilines is 1. The second-order valence-electron chi connectivity index (χ2n) is 4.81. The van der Waals surface area contributed by atoms with Crippen LogP contribution in [-0.4, -0.2) is 33.2 Å². The molecule has 2 heterocycles. The Labute approximate surface area is 119 Å². The Balaban J connectivity index is 1.55. The third kappa shape index (κ3) is 3.44. The van der Waals surface area contributed by atoms with Crippen LogP contribution in [0.4, 0.5) is 5.82 Å². The molecule has 2 aromatic heterocycles. The van der Waals surface area contributed by atoms with E-state index in [0.29, 0.717) is 11.6 Å². The molecular formula is C12H13N5O4. The first kappa shape index (κ1) is 13.3. The Kier molecular flexibility index (Phi) is 3.38. The van der Waals surface area contributed by atoms with E-state index in [4.69, 9.17) is 9.05 Å². The number of carbonyl (C=O) groups is 2. The van der Waals surface area contributed by atoms with Crippen molar-refractivity contribution in [3.05, 3.63) is 23.5 Å². The summed E-state index contributed by atoms with van der Waals surface area (Å²) in [6, 6.07) is 1.79. The van der Waals surface area contributed by atoms with Crippen molar-refractivity contribution in [2.45, 2.75) is 32.2 Å². The molecule has 110 valence electrons. The molecule has 0 bridgehead atoms. The van der Waals surface area contributed by atoms with E-state index in [1.165, 1.54) is 0 Å². The van der Waals surface area contributed by atoms with Gasteiger partial charge in [-0.3, -0.25) is 9.59 Å². The molecule has 0 saturated heterocycles. The van der Waals surface area contributed by atoms with Crippen LogP contribution in [0.1, 0.15) is 35.1 Å². The lowest BCUT2D eigenvalue weighted by Crippen LogP contribution is -2.25. The molecule has 1 saturated carbocycles. The molecule has 1 fully saturated rings. The summed E-state index contributed by atoms with van der Waals surface area (Å²) in [5.74, 6) is 0.106. The van der Waals surface area contributed by atoms with Gasteiger partial charge in [-0.15, -0.1) is 0 Å². The second kappa shape index (κ2) is 5.35. The first-order chi connectivity index (χ1) is 10.1. The molecule has 0 unspecified atom stereocenters. The Bertz CT molecular complexity index is 673. The van der Waals surface area contributed by atoms with Crippen LogP contribution in [0.2, 0.25) is 0 Å². The topological polar surface area (TPSA) is 123 Å². The first-order valence-corrected chi connectivity index (χ1v) is 6.47. The molecule has 0 atom stereocenters. The van der Waals surface area contributed by atoms with Gasteiger partial charge in [0, 0.05) is 12.1 Å². The molecule has 0 aromatic carbocycles. The number of amides is 2. The van der Waals surface area contributed by atoms with Crippen LogP contribution < -0.4 is 10.6 Å². The van der Waals surface area contributed by atoms with E-state index in [-0.39, 0.29) is 30.1 Å². The molecular weight excluding hydrogens is 278 g/mol. The minimum Gasteiger partial charge on any atom is -0.360 e. The van der Waals surface area contributed by atoms with Crippen LogP contribution in [0.5, 0.6) is 0 Å². The van der Waals surface area contributed by atoms with Gasteiger partial charge in [-0.25, -0.2) is 0 Å². The molecule has 0 radical (unpaired) electrons. The van der Waals surface area contributed by atoms with Crippen LogP contribution in [0.3, 0.4) is 0 Å². The number of aromatic nitrogens is 3. The Hall–Kier alpha value is -2.71. The van der Waals surface area contributed by atoms with Gasteiger partial charge in [0.1, 0.15) is 5.76 Å². The molecule has 21 heavy (non-hydrogen) atoms. The molecule has 1 aliphatic rings. The minimum atomic E-state index is -0.413. The summed E-state index contributed by atoms with van der Waals surface area (Å²) in [4.78, 5) is 27.3. The smallest absolute Gasteiger partial charge is 0.315 e. The highest BCUT2D eigenvalue weighted by molar-refractivity contribution is 5.92. The van der Waals surface area contributed by atoms with Crippen molar-refractivity contribution >= 4 is 17.6 Å². The summed E-state index contributed by atoms with van der Waals surface area (Å²) in [6.07, 6.45) is 1.81. The average molecular weight is 291 g/mol. The van der Waals surface area contributed by atoms with Crippen LogP contribution in [-0.2, 0) is 11.2 Å². The summed E-state index contributed by atoms with van der Waals surface area (Å²) >= 11 is 0. The predicted octanol–water partition coefficient (Wildman–Crippen LogP) is 0.439. The Morgan fingerprint density at radius 1 is 1.33 bits per heavy atom. The zero-order valence-electron chi connectivity index (χ0n) is 11.3. The number of hydrogen-bond acceptors (Lipinski definition) is 7. The molecule has 2 amide bonds. The fourth-order valence-electron chi connectivity index (χ4n) is 1.65. The lowest BCUT2D eigenvalue weighted by Gasteiger charge is -1.97. The van der Waals surface area contributed by atoms with E-state index < -0.39 is 5.91 Å². The maximum Gasteiger partial charge on any atom is 0.315 e. The van der Waals surface area contributed by atoms with Gasteiger partial charge in [0.15, 0.2) is 11.6 Å². The zero-order valence-corrected chi connectivity index (χ0v) is 11.3. The van der Waals surface area contributed by atoms with Gasteiger partial charge in [-0.1, -0.05) is 10.3 Å². The number of nitrogens with zero attached hydrogens (tertiary/aromatic N) is 3. The molecule has 3 rings (SSSR count). The van der Waals surface area contributed by atoms with Gasteiger partial charge in [-0.05, 0) is 19.8 Å². The zero-order chi connectivity index (χ0) is 14.8. The van der Waals surface area contributed by atoms with Gasteiger partial charge in [0.25, 0.3) is 0 Å². The third-order valence-electron chi connectivity index (χ3n) is 2.79. The van der Waals surface area contributed by atoms with Crippen LogP contribution in [0.25, 0.3) is 0 Å². The van der Waals surface area contributed by atoms with Crippen molar-refractivity contribution in [2.24, 2.45) is 0 Å². The van der Waals surface area contributed by atoms with Crippen molar-refractivity contribution in [1.82, 2.24) is 20.6 Å². The highest BCUT2D eigenvalue weighted by atomic mass is 16.5. The number of hydrogen-bond donors (Lipinski definition) is 2. The normalized spacial score (nSPS) is 14.0. The Morgan fingerprint density at radius 2 is 2.14 bits per heavy atom. The van der Waals surface area contributed by atoms with Crippen molar-refractivity contribution in [3.8, 4) is 0 Å². The number of nitrogens with one attached hydrogen (secondary N) is 2. The fourth-order valence-corrected chi connectivity index (χ4v) is 1.65. The van der Waals surface area contributed by atoms with Crippen molar-refractivity contribution in [1.29, 1.82) is 0 Å². The lowest BCUT2D eigenvalue weighted by molar-refractivity contribution is -0.115. The van der Waals surface area contributed by atoms with E-state index in [1.54, 1.807) is 13.0 Å². The summed E-state index contributed by atoms with van der Waals surface area (Å²) in [7, 11) is 0. The van der Waals surface area contributed by atoms with E-state index in [0.717, 1.165) is 12.8 Å². The summed E-state index contributed by atoms with van der Waals surface area (Å²) in [5, 5.41) is 12.5. The molecule has 2 N–H and O–H groups in total. The third-order valence-corrected chi connectivity index (χ3v) is 2.79. The van der Waals surface area contributed by atoms with Crippen LogP contribution in [0.15, 0.2) is 15.1 Å². The maximum atomic E-state index is 11.7. The highest BCUT2D eigenvalue weighted by Gasteiger charge is 2.26. The quantitative estimate of drug-likeness (QED) is 0.819. The number of carbonyl (C=O) groups excluding carboxylic acids is 2.